The molecule has 0 saturated carbocycles. The van der Waals surface area contributed by atoms with Gasteiger partial charge in [-0.25, -0.2) is 9.05 Å². The molecule has 0 N–H and O–H groups in total. The number of alkyl halides is 3. The van der Waals surface area contributed by atoms with Gasteiger partial charge in [0.2, 0.25) is 5.75 Å². The van der Waals surface area contributed by atoms with E-state index in [9.17, 15) is 17.7 Å². The molecule has 0 saturated heterocycles. The maximum atomic E-state index is 12.9. The highest BCUT2D eigenvalue weighted by molar-refractivity contribution is 9.10. The second kappa shape index (κ2) is 6.45. The van der Waals surface area contributed by atoms with E-state index >= 15 is 0 Å². The van der Waals surface area contributed by atoms with E-state index in [-0.39, 0.29) is 10.2 Å². The summed E-state index contributed by atoms with van der Waals surface area (Å²) in [6.07, 6.45) is -4.62. The lowest BCUT2D eigenvalue weighted by Gasteiger charge is -2.08. The number of halogens is 4. The topological polar surface area (TPSA) is 35.5 Å². The summed E-state index contributed by atoms with van der Waals surface area (Å²) in [7, 11) is -2.77. The molecule has 0 radical (unpaired) electrons. The van der Waals surface area contributed by atoms with Crippen LogP contribution in [0.15, 0.2) is 53.0 Å². The molecule has 110 valence electrons. The van der Waals surface area contributed by atoms with Gasteiger partial charge >= 0.3 is 14.4 Å². The van der Waals surface area contributed by atoms with Crippen molar-refractivity contribution < 1.29 is 26.8 Å². The van der Waals surface area contributed by atoms with E-state index < -0.39 is 25.7 Å². The van der Waals surface area contributed by atoms with Crippen LogP contribution >= 0.6 is 24.2 Å². The molecule has 2 aromatic rings. The van der Waals surface area contributed by atoms with Crippen molar-refractivity contribution in [1.82, 2.24) is 0 Å². The first-order chi connectivity index (χ1) is 9.86. The molecule has 3 nitrogen and oxygen atoms in total. The van der Waals surface area contributed by atoms with Crippen LogP contribution in [0.2, 0.25) is 0 Å². The molecule has 0 spiro atoms. The second-order valence-corrected chi connectivity index (χ2v) is 5.59. The zero-order valence-corrected chi connectivity index (χ0v) is 12.8. The monoisotopic (exact) mass is 379 g/mol. The first-order valence-corrected chi connectivity index (χ1v) is 7.50. The third-order valence-corrected chi connectivity index (χ3v) is 3.54. The molecule has 8 heteroatoms. The Morgan fingerprint density at radius 1 is 1.00 bits per heavy atom. The van der Waals surface area contributed by atoms with Crippen LogP contribution in [0.25, 0.3) is 0 Å². The minimum Gasteiger partial charge on any atom is -0.222 e. The van der Waals surface area contributed by atoms with Gasteiger partial charge in [0.05, 0.1) is 0 Å². The van der Waals surface area contributed by atoms with E-state index in [4.69, 9.17) is 9.05 Å². The minimum absolute atomic E-state index is 0.237. The first-order valence-electron chi connectivity index (χ1n) is 5.61. The Hall–Kier alpha value is -1.59. The summed E-state index contributed by atoms with van der Waals surface area (Å²) in [5.41, 5.74) is -1.03. The SMILES string of the molecule is O=[P+](Oc1ccccc1)Oc1ccc(Br)cc1C(F)(F)F. The summed E-state index contributed by atoms with van der Waals surface area (Å²) in [4.78, 5) is 0. The highest BCUT2D eigenvalue weighted by Crippen LogP contribution is 2.41. The zero-order chi connectivity index (χ0) is 15.5. The Balaban J connectivity index is 2.18. The molecule has 0 amide bonds. The largest absolute Gasteiger partial charge is 0.805 e. The fourth-order valence-corrected chi connectivity index (χ4v) is 2.48. The molecule has 2 aromatic carbocycles. The summed E-state index contributed by atoms with van der Waals surface area (Å²) in [5, 5.41) is 0. The highest BCUT2D eigenvalue weighted by Gasteiger charge is 2.38. The second-order valence-electron chi connectivity index (χ2n) is 3.86. The molecule has 0 aliphatic rings. The molecule has 0 aliphatic carbocycles. The average Bonchev–Trinajstić information content (AvgIpc) is 2.40. The minimum atomic E-state index is -4.62. The molecule has 0 bridgehead atoms. The van der Waals surface area contributed by atoms with Crippen LogP contribution in [-0.2, 0) is 10.7 Å². The predicted octanol–water partition coefficient (Wildman–Crippen LogP) is 5.58. The first kappa shape index (κ1) is 15.8. The maximum Gasteiger partial charge on any atom is 0.805 e. The third-order valence-electron chi connectivity index (χ3n) is 2.34. The lowest BCUT2D eigenvalue weighted by Crippen LogP contribution is -2.07. The van der Waals surface area contributed by atoms with E-state index in [0.29, 0.717) is 0 Å². The lowest BCUT2D eigenvalue weighted by atomic mass is 10.2. The van der Waals surface area contributed by atoms with Crippen molar-refractivity contribution in [2.24, 2.45) is 0 Å². The predicted molar refractivity (Wildman–Crippen MR) is 74.4 cm³/mol. The van der Waals surface area contributed by atoms with Gasteiger partial charge in [-0.15, -0.1) is 0 Å². The van der Waals surface area contributed by atoms with Gasteiger partial charge in [0.25, 0.3) is 0 Å². The van der Waals surface area contributed by atoms with Crippen molar-refractivity contribution in [1.29, 1.82) is 0 Å². The Kier molecular flexibility index (Phi) is 4.85. The van der Waals surface area contributed by atoms with Crippen molar-refractivity contribution in [3.63, 3.8) is 0 Å². The molecule has 0 aliphatic heterocycles. The number of benzene rings is 2. The Bertz CT molecular complexity index is 647. The van der Waals surface area contributed by atoms with Crippen molar-refractivity contribution in [2.75, 3.05) is 0 Å². The van der Waals surface area contributed by atoms with E-state index in [0.717, 1.165) is 12.1 Å². The van der Waals surface area contributed by atoms with Gasteiger partial charge in [-0.05, 0) is 30.3 Å². The van der Waals surface area contributed by atoms with Gasteiger partial charge in [-0.2, -0.15) is 13.2 Å². The smallest absolute Gasteiger partial charge is 0.222 e. The van der Waals surface area contributed by atoms with Gasteiger partial charge in [0, 0.05) is 9.04 Å². The summed E-state index contributed by atoms with van der Waals surface area (Å²) in [5.74, 6) is -0.313. The standard InChI is InChI=1S/C13H8BrF3O3P/c14-9-6-7-12(11(8-9)13(15,16)17)20-21(18)19-10-4-2-1-3-5-10/h1-8H/q+1. The molecule has 0 fully saturated rings. The Morgan fingerprint density at radius 2 is 1.67 bits per heavy atom. The van der Waals surface area contributed by atoms with Crippen molar-refractivity contribution in [3.05, 3.63) is 58.6 Å². The van der Waals surface area contributed by atoms with Gasteiger partial charge in [0.1, 0.15) is 5.56 Å². The van der Waals surface area contributed by atoms with Gasteiger partial charge in [-0.3, -0.25) is 0 Å². The molecular formula is C13H8BrF3O3P+. The summed E-state index contributed by atoms with van der Waals surface area (Å²) in [6.45, 7) is 0. The van der Waals surface area contributed by atoms with Crippen LogP contribution in [0.4, 0.5) is 13.2 Å². The summed E-state index contributed by atoms with van der Waals surface area (Å²) >= 11 is 2.95. The highest BCUT2D eigenvalue weighted by atomic mass is 79.9. The van der Waals surface area contributed by atoms with Crippen LogP contribution in [0, 0.1) is 0 Å². The summed E-state index contributed by atoms with van der Waals surface area (Å²) < 4.78 is 60.2. The lowest BCUT2D eigenvalue weighted by molar-refractivity contribution is -0.138. The molecule has 1 atom stereocenters. The summed E-state index contributed by atoms with van der Waals surface area (Å²) in [6, 6.07) is 11.3. The van der Waals surface area contributed by atoms with Gasteiger partial charge < -0.3 is 0 Å². The maximum absolute atomic E-state index is 12.9. The third kappa shape index (κ3) is 4.44. The van der Waals surface area contributed by atoms with Gasteiger partial charge in [-0.1, -0.05) is 34.1 Å². The number of para-hydroxylation sites is 1. The molecule has 1 unspecified atom stereocenters. The molecule has 21 heavy (non-hydrogen) atoms. The molecule has 0 aromatic heterocycles. The number of hydrogen-bond donors (Lipinski definition) is 0. The number of hydrogen-bond acceptors (Lipinski definition) is 3. The fraction of sp³-hybridized carbons (Fsp3) is 0.0769. The van der Waals surface area contributed by atoms with Crippen LogP contribution in [0.1, 0.15) is 5.56 Å². The molecule has 2 rings (SSSR count). The van der Waals surface area contributed by atoms with Crippen LogP contribution in [0.5, 0.6) is 11.5 Å². The zero-order valence-electron chi connectivity index (χ0n) is 10.3. The Labute approximate surface area is 127 Å². The molecule has 0 heterocycles. The van der Waals surface area contributed by atoms with E-state index in [2.05, 4.69) is 15.9 Å². The van der Waals surface area contributed by atoms with E-state index in [1.54, 1.807) is 18.2 Å². The quantitative estimate of drug-likeness (QED) is 0.650. The number of rotatable bonds is 4. The van der Waals surface area contributed by atoms with Crippen LogP contribution < -0.4 is 9.05 Å². The van der Waals surface area contributed by atoms with Gasteiger partial charge in [0.15, 0.2) is 5.75 Å². The normalized spacial score (nSPS) is 11.9. The average molecular weight is 380 g/mol. The van der Waals surface area contributed by atoms with Crippen LogP contribution in [-0.4, -0.2) is 0 Å². The van der Waals surface area contributed by atoms with Crippen molar-refractivity contribution >= 4 is 24.2 Å². The Morgan fingerprint density at radius 3 is 2.29 bits per heavy atom. The van der Waals surface area contributed by atoms with Crippen molar-refractivity contribution in [3.8, 4) is 11.5 Å². The van der Waals surface area contributed by atoms with Crippen LogP contribution in [0.3, 0.4) is 0 Å². The van der Waals surface area contributed by atoms with E-state index in [1.165, 1.54) is 18.2 Å². The van der Waals surface area contributed by atoms with Crippen molar-refractivity contribution in [2.45, 2.75) is 6.18 Å². The molecular weight excluding hydrogens is 372 g/mol. The van der Waals surface area contributed by atoms with E-state index in [1.807, 2.05) is 0 Å². The fourth-order valence-electron chi connectivity index (χ4n) is 1.47.